The molecule has 2 N–H and O–H groups in total. The molecule has 1 atom stereocenters. The molecule has 8 nitrogen and oxygen atoms in total. The third-order valence-electron chi connectivity index (χ3n) is 3.97. The molecule has 0 spiro atoms. The summed E-state index contributed by atoms with van der Waals surface area (Å²) < 4.78 is 10.6. The largest absolute Gasteiger partial charge is 0.454 e. The van der Waals surface area contributed by atoms with E-state index in [0.29, 0.717) is 23.3 Å². The Kier molecular flexibility index (Phi) is 4.93. The number of nitrogens with one attached hydrogen (secondary N) is 2. The molecule has 138 valence electrons. The molecule has 9 heteroatoms. The number of nitrogens with zero attached hydrogens (tertiary/aromatic N) is 3. The second-order valence-electron chi connectivity index (χ2n) is 5.87. The van der Waals surface area contributed by atoms with Crippen molar-refractivity contribution >= 4 is 17.7 Å². The predicted molar refractivity (Wildman–Crippen MR) is 99.3 cm³/mol. The number of amides is 1. The topological polar surface area (TPSA) is 102 Å². The molecular weight excluding hydrogens is 366 g/mol. The summed E-state index contributed by atoms with van der Waals surface area (Å²) in [7, 11) is 0. The van der Waals surface area contributed by atoms with Gasteiger partial charge in [-0.2, -0.15) is 0 Å². The summed E-state index contributed by atoms with van der Waals surface area (Å²) in [5.74, 6) is 1.98. The Labute approximate surface area is 159 Å². The van der Waals surface area contributed by atoms with Crippen LogP contribution in [0.4, 0.5) is 0 Å². The highest BCUT2D eigenvalue weighted by molar-refractivity contribution is 8.00. The first-order valence-electron chi connectivity index (χ1n) is 8.35. The van der Waals surface area contributed by atoms with E-state index >= 15 is 0 Å². The van der Waals surface area contributed by atoms with E-state index in [4.69, 9.17) is 9.47 Å². The number of rotatable bonds is 6. The van der Waals surface area contributed by atoms with Crippen molar-refractivity contribution in [2.75, 3.05) is 6.79 Å². The van der Waals surface area contributed by atoms with Crippen LogP contribution in [-0.2, 0) is 11.3 Å². The Morgan fingerprint density at radius 1 is 1.26 bits per heavy atom. The van der Waals surface area contributed by atoms with Gasteiger partial charge in [-0.05, 0) is 36.8 Å². The number of aromatic nitrogens is 4. The number of carbonyl (C=O) groups excluding carboxylic acids is 1. The molecule has 1 aliphatic heterocycles. The zero-order valence-electron chi connectivity index (χ0n) is 14.5. The van der Waals surface area contributed by atoms with E-state index in [-0.39, 0.29) is 18.0 Å². The lowest BCUT2D eigenvalue weighted by Crippen LogP contribution is -2.30. The fourth-order valence-corrected chi connectivity index (χ4v) is 3.28. The molecule has 0 aliphatic carbocycles. The molecule has 0 radical (unpaired) electrons. The maximum atomic E-state index is 12.4. The number of thioether (sulfide) groups is 1. The maximum absolute atomic E-state index is 12.4. The smallest absolute Gasteiger partial charge is 0.233 e. The number of hydrogen-bond donors (Lipinski definition) is 2. The monoisotopic (exact) mass is 383 g/mol. The molecule has 2 aromatic heterocycles. The number of H-pyrrole nitrogens is 1. The van der Waals surface area contributed by atoms with Crippen molar-refractivity contribution < 1.29 is 14.3 Å². The van der Waals surface area contributed by atoms with Gasteiger partial charge in [-0.15, -0.1) is 5.10 Å². The molecule has 1 aliphatic rings. The van der Waals surface area contributed by atoms with E-state index in [9.17, 15) is 4.79 Å². The Balaban J connectivity index is 1.32. The molecule has 0 saturated carbocycles. The van der Waals surface area contributed by atoms with Crippen LogP contribution in [-0.4, -0.2) is 38.1 Å². The first-order valence-corrected chi connectivity index (χ1v) is 9.23. The Hall–Kier alpha value is -3.07. The first kappa shape index (κ1) is 17.3. The average molecular weight is 383 g/mol. The van der Waals surface area contributed by atoms with Gasteiger partial charge in [0.25, 0.3) is 0 Å². The summed E-state index contributed by atoms with van der Waals surface area (Å²) in [6.45, 7) is 2.47. The fourth-order valence-electron chi connectivity index (χ4n) is 2.53. The number of aromatic amines is 1. The third-order valence-corrected chi connectivity index (χ3v) is 4.93. The fraction of sp³-hybridized carbons (Fsp3) is 0.222. The van der Waals surface area contributed by atoms with Gasteiger partial charge in [0.15, 0.2) is 17.3 Å². The molecule has 0 fully saturated rings. The number of benzene rings is 1. The normalized spacial score (nSPS) is 13.4. The lowest BCUT2D eigenvalue weighted by molar-refractivity contribution is -0.120. The number of ether oxygens (including phenoxy) is 2. The van der Waals surface area contributed by atoms with Crippen molar-refractivity contribution in [2.24, 2.45) is 0 Å². The number of pyridine rings is 1. The van der Waals surface area contributed by atoms with Crippen molar-refractivity contribution in [1.29, 1.82) is 0 Å². The summed E-state index contributed by atoms with van der Waals surface area (Å²) in [4.78, 5) is 20.8. The van der Waals surface area contributed by atoms with Gasteiger partial charge in [-0.3, -0.25) is 14.9 Å². The minimum atomic E-state index is -0.333. The molecular formula is C18H17N5O3S. The Bertz CT molecular complexity index is 947. The molecule has 3 aromatic rings. The van der Waals surface area contributed by atoms with Crippen LogP contribution in [0.15, 0.2) is 47.9 Å². The standard InChI is InChI=1S/C18H17N5O3S/c1-11(27-18-21-16(22-23-18)13-4-6-19-7-5-13)17(24)20-9-12-2-3-14-15(8-12)26-10-25-14/h2-8,11H,9-10H2,1H3,(H,20,24)(H,21,22,23)/t11-/m0/s1. The van der Waals surface area contributed by atoms with E-state index in [1.807, 2.05) is 37.3 Å². The van der Waals surface area contributed by atoms with E-state index < -0.39 is 0 Å². The van der Waals surface area contributed by atoms with E-state index in [1.165, 1.54) is 11.8 Å². The number of hydrogen-bond acceptors (Lipinski definition) is 7. The van der Waals surface area contributed by atoms with Gasteiger partial charge < -0.3 is 14.8 Å². The van der Waals surface area contributed by atoms with E-state index in [1.54, 1.807) is 12.4 Å². The van der Waals surface area contributed by atoms with Gasteiger partial charge >= 0.3 is 0 Å². The van der Waals surface area contributed by atoms with Gasteiger partial charge in [0.1, 0.15) is 0 Å². The Morgan fingerprint density at radius 3 is 2.93 bits per heavy atom. The molecule has 1 aromatic carbocycles. The molecule has 1 amide bonds. The predicted octanol–water partition coefficient (Wildman–Crippen LogP) is 2.39. The third kappa shape index (κ3) is 4.03. The molecule has 27 heavy (non-hydrogen) atoms. The van der Waals surface area contributed by atoms with Gasteiger partial charge in [-0.25, -0.2) is 4.98 Å². The van der Waals surface area contributed by atoms with E-state index in [2.05, 4.69) is 25.5 Å². The summed E-state index contributed by atoms with van der Waals surface area (Å²) >= 11 is 1.30. The van der Waals surface area contributed by atoms with E-state index in [0.717, 1.165) is 16.9 Å². The van der Waals surface area contributed by atoms with Crippen LogP contribution in [0, 0.1) is 0 Å². The van der Waals surface area contributed by atoms with Crippen molar-refractivity contribution in [3.05, 3.63) is 48.3 Å². The van der Waals surface area contributed by atoms with Crippen molar-refractivity contribution in [3.8, 4) is 22.9 Å². The van der Waals surface area contributed by atoms with Gasteiger partial charge in [0.05, 0.1) is 5.25 Å². The summed E-state index contributed by atoms with van der Waals surface area (Å²) in [6.07, 6.45) is 3.38. The molecule has 0 bridgehead atoms. The van der Waals surface area contributed by atoms with Crippen molar-refractivity contribution in [2.45, 2.75) is 23.9 Å². The number of fused-ring (bicyclic) bond motifs is 1. The zero-order chi connectivity index (χ0) is 18.6. The van der Waals surface area contributed by atoms with Gasteiger partial charge in [-0.1, -0.05) is 17.8 Å². The summed E-state index contributed by atoms with van der Waals surface area (Å²) in [6, 6.07) is 9.31. The molecule has 4 rings (SSSR count). The minimum absolute atomic E-state index is 0.0899. The lowest BCUT2D eigenvalue weighted by atomic mass is 10.2. The molecule has 3 heterocycles. The van der Waals surface area contributed by atoms with Crippen LogP contribution >= 0.6 is 11.8 Å². The van der Waals surface area contributed by atoms with Crippen LogP contribution in [0.3, 0.4) is 0 Å². The van der Waals surface area contributed by atoms with Crippen molar-refractivity contribution in [1.82, 2.24) is 25.5 Å². The quantitative estimate of drug-likeness (QED) is 0.630. The molecule has 0 unspecified atom stereocenters. The summed E-state index contributed by atoms with van der Waals surface area (Å²) in [5, 5.41) is 10.2. The number of carbonyl (C=O) groups is 1. The van der Waals surface area contributed by atoms with Crippen LogP contribution in [0.25, 0.3) is 11.4 Å². The van der Waals surface area contributed by atoms with Crippen LogP contribution in [0.1, 0.15) is 12.5 Å². The van der Waals surface area contributed by atoms with Crippen LogP contribution in [0.2, 0.25) is 0 Å². The van der Waals surface area contributed by atoms with Crippen molar-refractivity contribution in [3.63, 3.8) is 0 Å². The van der Waals surface area contributed by atoms with Gasteiger partial charge in [0, 0.05) is 24.5 Å². The minimum Gasteiger partial charge on any atom is -0.454 e. The highest BCUT2D eigenvalue weighted by atomic mass is 32.2. The maximum Gasteiger partial charge on any atom is 0.233 e. The highest BCUT2D eigenvalue weighted by Gasteiger charge is 2.18. The molecule has 0 saturated heterocycles. The second kappa shape index (κ2) is 7.67. The summed E-state index contributed by atoms with van der Waals surface area (Å²) in [5.41, 5.74) is 1.84. The Morgan fingerprint density at radius 2 is 2.07 bits per heavy atom. The second-order valence-corrected chi connectivity index (χ2v) is 7.18. The SMILES string of the molecule is C[C@H](Sc1n[nH]c(-c2ccncc2)n1)C(=O)NCc1ccc2c(c1)OCO2. The lowest BCUT2D eigenvalue weighted by Gasteiger charge is -2.10. The van der Waals surface area contributed by atoms with Gasteiger partial charge in [0.2, 0.25) is 17.9 Å². The van der Waals surface area contributed by atoms with Crippen LogP contribution in [0.5, 0.6) is 11.5 Å². The van der Waals surface area contributed by atoms with Crippen LogP contribution < -0.4 is 14.8 Å². The average Bonchev–Trinajstić information content (AvgIpc) is 3.35. The highest BCUT2D eigenvalue weighted by Crippen LogP contribution is 2.32. The first-order chi connectivity index (χ1) is 13.2. The zero-order valence-corrected chi connectivity index (χ0v) is 15.3.